The number of thioether (sulfide) groups is 1. The van der Waals surface area contributed by atoms with Crippen LogP contribution < -0.4 is 10.2 Å². The predicted molar refractivity (Wildman–Crippen MR) is 95.9 cm³/mol. The molecule has 0 spiro atoms. The van der Waals surface area contributed by atoms with E-state index in [4.69, 9.17) is 0 Å². The van der Waals surface area contributed by atoms with Gasteiger partial charge < -0.3 is 15.3 Å². The Morgan fingerprint density at radius 2 is 1.87 bits per heavy atom. The number of piperidine rings is 1. The molecule has 0 atom stereocenters. The van der Waals surface area contributed by atoms with Gasteiger partial charge in [-0.1, -0.05) is 18.2 Å². The molecule has 2 aliphatic heterocycles. The Balaban J connectivity index is 1.64. The molecule has 0 aromatic heterocycles. The minimum absolute atomic E-state index is 0.216. The molecule has 23 heavy (non-hydrogen) atoms. The molecule has 1 aromatic carbocycles. The van der Waals surface area contributed by atoms with E-state index in [2.05, 4.69) is 28.4 Å². The number of rotatable bonds is 4. The van der Waals surface area contributed by atoms with Gasteiger partial charge in [-0.3, -0.25) is 4.79 Å². The second-order valence-corrected chi connectivity index (χ2v) is 7.73. The van der Waals surface area contributed by atoms with E-state index in [0.717, 1.165) is 30.2 Å². The molecular weight excluding hydrogens is 308 g/mol. The summed E-state index contributed by atoms with van der Waals surface area (Å²) in [5, 5.41) is 13.5. The minimum atomic E-state index is -1.18. The van der Waals surface area contributed by atoms with E-state index in [0.29, 0.717) is 19.4 Å². The molecule has 4 nitrogen and oxygen atoms in total. The Morgan fingerprint density at radius 1 is 1.17 bits per heavy atom. The molecule has 5 heteroatoms. The van der Waals surface area contributed by atoms with Crippen LogP contribution in [0.25, 0.3) is 0 Å². The van der Waals surface area contributed by atoms with Crippen LogP contribution in [0, 0.1) is 0 Å². The average molecular weight is 334 g/mol. The second-order valence-electron chi connectivity index (χ2n) is 6.50. The zero-order valence-electron chi connectivity index (χ0n) is 13.6. The van der Waals surface area contributed by atoms with E-state index in [1.165, 1.54) is 24.9 Å². The van der Waals surface area contributed by atoms with Crippen LogP contribution >= 0.6 is 11.8 Å². The summed E-state index contributed by atoms with van der Waals surface area (Å²) in [7, 11) is 0. The van der Waals surface area contributed by atoms with E-state index < -0.39 is 5.60 Å². The molecule has 3 rings (SSSR count). The van der Waals surface area contributed by atoms with Crippen molar-refractivity contribution in [2.75, 3.05) is 29.5 Å². The topological polar surface area (TPSA) is 52.6 Å². The fourth-order valence-electron chi connectivity index (χ4n) is 3.38. The number of aliphatic hydroxyl groups is 1. The first-order valence-electron chi connectivity index (χ1n) is 8.60. The normalized spacial score (nSPS) is 21.0. The Labute approximate surface area is 142 Å². The lowest BCUT2D eigenvalue weighted by molar-refractivity contribution is -0.140. The Morgan fingerprint density at radius 3 is 2.61 bits per heavy atom. The highest BCUT2D eigenvalue weighted by Gasteiger charge is 2.37. The van der Waals surface area contributed by atoms with Crippen molar-refractivity contribution >= 4 is 23.4 Å². The summed E-state index contributed by atoms with van der Waals surface area (Å²) in [5.41, 5.74) is 1.18. The molecule has 2 N–H and O–H groups in total. The monoisotopic (exact) mass is 334 g/mol. The fraction of sp³-hybridized carbons (Fsp3) is 0.611. The highest BCUT2D eigenvalue weighted by molar-refractivity contribution is 7.99. The van der Waals surface area contributed by atoms with Crippen LogP contribution in [-0.4, -0.2) is 41.2 Å². The van der Waals surface area contributed by atoms with Gasteiger partial charge >= 0.3 is 0 Å². The first-order chi connectivity index (χ1) is 11.2. The SMILES string of the molecule is O=C(NCc1ccccc1N1CCCCC1)C1(O)CCSCC1. The van der Waals surface area contributed by atoms with E-state index in [9.17, 15) is 9.90 Å². The van der Waals surface area contributed by atoms with Crippen LogP contribution in [0.15, 0.2) is 24.3 Å². The third-order valence-electron chi connectivity index (χ3n) is 4.87. The van der Waals surface area contributed by atoms with Crippen molar-refractivity contribution in [3.05, 3.63) is 29.8 Å². The maximum Gasteiger partial charge on any atom is 0.252 e. The van der Waals surface area contributed by atoms with Gasteiger partial charge in [-0.25, -0.2) is 0 Å². The molecule has 0 bridgehead atoms. The molecule has 2 aliphatic rings. The quantitative estimate of drug-likeness (QED) is 0.888. The molecule has 1 aromatic rings. The van der Waals surface area contributed by atoms with Gasteiger partial charge in [0.1, 0.15) is 5.60 Å². The lowest BCUT2D eigenvalue weighted by Crippen LogP contribution is -2.48. The molecular formula is C18H26N2O2S. The molecule has 2 saturated heterocycles. The second kappa shape index (κ2) is 7.58. The summed E-state index contributed by atoms with van der Waals surface area (Å²) in [6.07, 6.45) is 4.88. The average Bonchev–Trinajstić information content (AvgIpc) is 2.61. The zero-order valence-corrected chi connectivity index (χ0v) is 14.4. The van der Waals surface area contributed by atoms with Crippen molar-refractivity contribution in [2.45, 2.75) is 44.2 Å². The van der Waals surface area contributed by atoms with Gasteiger partial charge in [0.05, 0.1) is 0 Å². The summed E-state index contributed by atoms with van der Waals surface area (Å²) in [6.45, 7) is 2.67. The number of hydrogen-bond donors (Lipinski definition) is 2. The van der Waals surface area contributed by atoms with Gasteiger partial charge in [0, 0.05) is 25.3 Å². The molecule has 0 unspecified atom stereocenters. The zero-order chi connectivity index (χ0) is 16.1. The van der Waals surface area contributed by atoms with Crippen LogP contribution in [-0.2, 0) is 11.3 Å². The van der Waals surface area contributed by atoms with Gasteiger partial charge in [0.2, 0.25) is 0 Å². The molecule has 2 heterocycles. The predicted octanol–water partition coefficient (Wildman–Crippen LogP) is 2.55. The summed E-state index contributed by atoms with van der Waals surface area (Å²) in [5.74, 6) is 1.49. The summed E-state index contributed by atoms with van der Waals surface area (Å²) < 4.78 is 0. The number of anilines is 1. The number of para-hydroxylation sites is 1. The lowest BCUT2D eigenvalue weighted by atomic mass is 9.95. The number of amides is 1. The van der Waals surface area contributed by atoms with Crippen molar-refractivity contribution in [3.63, 3.8) is 0 Å². The van der Waals surface area contributed by atoms with E-state index in [-0.39, 0.29) is 5.91 Å². The van der Waals surface area contributed by atoms with Crippen LogP contribution in [0.1, 0.15) is 37.7 Å². The number of benzene rings is 1. The maximum absolute atomic E-state index is 12.4. The third-order valence-corrected chi connectivity index (χ3v) is 5.86. The molecule has 0 aliphatic carbocycles. The molecule has 0 radical (unpaired) electrons. The van der Waals surface area contributed by atoms with Gasteiger partial charge in [-0.2, -0.15) is 11.8 Å². The maximum atomic E-state index is 12.4. The number of nitrogens with zero attached hydrogens (tertiary/aromatic N) is 1. The number of carbonyl (C=O) groups excluding carboxylic acids is 1. The van der Waals surface area contributed by atoms with E-state index in [1.807, 2.05) is 6.07 Å². The van der Waals surface area contributed by atoms with E-state index >= 15 is 0 Å². The van der Waals surface area contributed by atoms with Crippen LogP contribution in [0.2, 0.25) is 0 Å². The molecule has 1 amide bonds. The standard InChI is InChI=1S/C18H26N2O2S/c21-17(18(22)8-12-23-13-9-18)19-14-15-6-2-3-7-16(15)20-10-4-1-5-11-20/h2-3,6-7,22H,1,4-5,8-14H2,(H,19,21). The van der Waals surface area contributed by atoms with Crippen molar-refractivity contribution in [2.24, 2.45) is 0 Å². The highest BCUT2D eigenvalue weighted by Crippen LogP contribution is 2.28. The van der Waals surface area contributed by atoms with Crippen LogP contribution in [0.3, 0.4) is 0 Å². The van der Waals surface area contributed by atoms with Crippen molar-refractivity contribution in [3.8, 4) is 0 Å². The third kappa shape index (κ3) is 4.01. The minimum Gasteiger partial charge on any atom is -0.380 e. The highest BCUT2D eigenvalue weighted by atomic mass is 32.2. The Hall–Kier alpha value is -1.20. The number of nitrogens with one attached hydrogen (secondary N) is 1. The number of carbonyl (C=O) groups is 1. The molecule has 0 saturated carbocycles. The Kier molecular flexibility index (Phi) is 5.49. The van der Waals surface area contributed by atoms with Crippen molar-refractivity contribution in [1.82, 2.24) is 5.32 Å². The smallest absolute Gasteiger partial charge is 0.252 e. The molecule has 2 fully saturated rings. The number of hydrogen-bond acceptors (Lipinski definition) is 4. The van der Waals surface area contributed by atoms with Gasteiger partial charge in [-0.05, 0) is 55.2 Å². The van der Waals surface area contributed by atoms with Crippen LogP contribution in [0.4, 0.5) is 5.69 Å². The summed E-state index contributed by atoms with van der Waals surface area (Å²) in [6, 6.07) is 8.28. The van der Waals surface area contributed by atoms with Gasteiger partial charge in [0.15, 0.2) is 0 Å². The van der Waals surface area contributed by atoms with Gasteiger partial charge in [0.25, 0.3) is 5.91 Å². The van der Waals surface area contributed by atoms with Crippen molar-refractivity contribution in [1.29, 1.82) is 0 Å². The summed E-state index contributed by atoms with van der Waals surface area (Å²) in [4.78, 5) is 14.8. The first kappa shape index (κ1) is 16.7. The Bertz CT molecular complexity index is 538. The van der Waals surface area contributed by atoms with E-state index in [1.54, 1.807) is 11.8 Å². The first-order valence-corrected chi connectivity index (χ1v) is 9.76. The van der Waals surface area contributed by atoms with Gasteiger partial charge in [-0.15, -0.1) is 0 Å². The fourth-order valence-corrected chi connectivity index (χ4v) is 4.55. The summed E-state index contributed by atoms with van der Waals surface area (Å²) >= 11 is 1.80. The van der Waals surface area contributed by atoms with Crippen molar-refractivity contribution < 1.29 is 9.90 Å². The van der Waals surface area contributed by atoms with Crippen LogP contribution in [0.5, 0.6) is 0 Å². The largest absolute Gasteiger partial charge is 0.380 e. The lowest BCUT2D eigenvalue weighted by Gasteiger charge is -2.32. The molecule has 126 valence electrons.